The van der Waals surface area contributed by atoms with Crippen LogP contribution in [-0.4, -0.2) is 40.2 Å². The predicted molar refractivity (Wildman–Crippen MR) is 72.4 cm³/mol. The van der Waals surface area contributed by atoms with Crippen molar-refractivity contribution in [2.45, 2.75) is 13.0 Å². The maximum absolute atomic E-state index is 11.3. The molecule has 1 fully saturated rings. The molecule has 2 rings (SSSR count). The average molecular weight is 252 g/mol. The second-order valence-electron chi connectivity index (χ2n) is 4.41. The van der Waals surface area contributed by atoms with Crippen LogP contribution in [0.1, 0.15) is 11.1 Å². The summed E-state index contributed by atoms with van der Waals surface area (Å²) in [6, 6.07) is 8.36. The van der Waals surface area contributed by atoms with E-state index in [4.69, 9.17) is 5.73 Å². The minimum atomic E-state index is -0.577. The molecule has 0 bridgehead atoms. The van der Waals surface area contributed by atoms with Gasteiger partial charge in [0.2, 0.25) is 0 Å². The molecule has 0 saturated carbocycles. The van der Waals surface area contributed by atoms with Gasteiger partial charge in [0.05, 0.1) is 0 Å². The number of nitrogens with zero attached hydrogens (tertiary/aromatic N) is 1. The third kappa shape index (κ3) is 3.63. The molecule has 1 heterocycles. The van der Waals surface area contributed by atoms with Gasteiger partial charge >= 0.3 is 0 Å². The van der Waals surface area contributed by atoms with E-state index in [9.17, 15) is 4.21 Å². The van der Waals surface area contributed by atoms with E-state index in [0.717, 1.165) is 37.6 Å². The second kappa shape index (κ2) is 6.28. The molecule has 1 aliphatic heterocycles. The summed E-state index contributed by atoms with van der Waals surface area (Å²) in [6.45, 7) is 3.60. The summed E-state index contributed by atoms with van der Waals surface area (Å²) in [5, 5.41) is 0. The Hall–Kier alpha value is -0.710. The molecule has 0 atom stereocenters. The van der Waals surface area contributed by atoms with Crippen LogP contribution in [0.15, 0.2) is 24.3 Å². The van der Waals surface area contributed by atoms with Crippen LogP contribution < -0.4 is 5.73 Å². The summed E-state index contributed by atoms with van der Waals surface area (Å²) in [5.41, 5.74) is 8.32. The predicted octanol–water partition coefficient (Wildman–Crippen LogP) is 0.752. The molecule has 0 unspecified atom stereocenters. The lowest BCUT2D eigenvalue weighted by molar-refractivity contribution is 0.303. The molecule has 17 heavy (non-hydrogen) atoms. The van der Waals surface area contributed by atoms with Gasteiger partial charge < -0.3 is 10.6 Å². The molecular formula is C13H20N2OS. The lowest BCUT2D eigenvalue weighted by Crippen LogP contribution is -2.38. The molecule has 94 valence electrons. The minimum absolute atomic E-state index is 0.577. The van der Waals surface area contributed by atoms with Crippen molar-refractivity contribution in [3.8, 4) is 0 Å². The summed E-state index contributed by atoms with van der Waals surface area (Å²) in [7, 11) is -0.577. The van der Waals surface area contributed by atoms with E-state index >= 15 is 0 Å². The Labute approximate surface area is 105 Å². The van der Waals surface area contributed by atoms with Gasteiger partial charge in [0, 0.05) is 48.5 Å². The smallest absolute Gasteiger partial charge is 0.0363 e. The van der Waals surface area contributed by atoms with Gasteiger partial charge in [-0.25, -0.2) is 0 Å². The summed E-state index contributed by atoms with van der Waals surface area (Å²) in [5.74, 6) is 1.66. The van der Waals surface area contributed by atoms with Crippen molar-refractivity contribution in [1.82, 2.24) is 4.90 Å². The van der Waals surface area contributed by atoms with Crippen molar-refractivity contribution in [3.05, 3.63) is 35.4 Å². The number of nitrogens with two attached hydrogens (primary N) is 1. The number of hydrogen-bond acceptors (Lipinski definition) is 3. The maximum Gasteiger partial charge on any atom is 0.0363 e. The first-order valence-electron chi connectivity index (χ1n) is 6.14. The Balaban J connectivity index is 1.87. The quantitative estimate of drug-likeness (QED) is 0.860. The lowest BCUT2D eigenvalue weighted by Gasteiger charge is -2.26. The topological polar surface area (TPSA) is 46.3 Å². The first-order valence-corrected chi connectivity index (χ1v) is 7.62. The SMILES string of the molecule is NCc1ccccc1CCN1CCS(=O)CC1. The van der Waals surface area contributed by atoms with E-state index in [0.29, 0.717) is 6.54 Å². The molecule has 0 aliphatic carbocycles. The summed E-state index contributed by atoms with van der Waals surface area (Å²) in [6.07, 6.45) is 1.04. The summed E-state index contributed by atoms with van der Waals surface area (Å²) in [4.78, 5) is 2.40. The molecule has 3 nitrogen and oxygen atoms in total. The Morgan fingerprint density at radius 1 is 1.18 bits per heavy atom. The first-order chi connectivity index (χ1) is 8.29. The summed E-state index contributed by atoms with van der Waals surface area (Å²) >= 11 is 0. The molecule has 4 heteroatoms. The van der Waals surface area contributed by atoms with Gasteiger partial charge in [-0.15, -0.1) is 0 Å². The largest absolute Gasteiger partial charge is 0.326 e. The van der Waals surface area contributed by atoms with Crippen molar-refractivity contribution in [1.29, 1.82) is 0 Å². The monoisotopic (exact) mass is 252 g/mol. The van der Waals surface area contributed by atoms with E-state index in [-0.39, 0.29) is 0 Å². The molecule has 1 saturated heterocycles. The van der Waals surface area contributed by atoms with Crippen LogP contribution in [0.5, 0.6) is 0 Å². The zero-order valence-electron chi connectivity index (χ0n) is 10.1. The van der Waals surface area contributed by atoms with E-state index in [1.165, 1.54) is 11.1 Å². The Kier molecular flexibility index (Phi) is 4.71. The highest BCUT2D eigenvalue weighted by molar-refractivity contribution is 7.85. The number of hydrogen-bond donors (Lipinski definition) is 1. The number of benzene rings is 1. The van der Waals surface area contributed by atoms with Gasteiger partial charge in [-0.2, -0.15) is 0 Å². The van der Waals surface area contributed by atoms with Crippen LogP contribution >= 0.6 is 0 Å². The highest BCUT2D eigenvalue weighted by Crippen LogP contribution is 2.10. The zero-order valence-corrected chi connectivity index (χ0v) is 10.9. The molecule has 1 aliphatic rings. The Morgan fingerprint density at radius 2 is 1.82 bits per heavy atom. The van der Waals surface area contributed by atoms with Gasteiger partial charge in [0.1, 0.15) is 0 Å². The van der Waals surface area contributed by atoms with Gasteiger partial charge in [-0.3, -0.25) is 4.21 Å². The standard InChI is InChI=1S/C13H20N2OS/c14-11-13-4-2-1-3-12(13)5-6-15-7-9-17(16)10-8-15/h1-4H,5-11,14H2. The third-order valence-corrected chi connectivity index (χ3v) is 4.58. The van der Waals surface area contributed by atoms with Gasteiger partial charge in [0.25, 0.3) is 0 Å². The minimum Gasteiger partial charge on any atom is -0.326 e. The van der Waals surface area contributed by atoms with Crippen LogP contribution in [-0.2, 0) is 23.8 Å². The summed E-state index contributed by atoms with van der Waals surface area (Å²) < 4.78 is 11.3. The maximum atomic E-state index is 11.3. The van der Waals surface area contributed by atoms with Gasteiger partial charge in [-0.05, 0) is 17.5 Å². The van der Waals surface area contributed by atoms with Crippen molar-refractivity contribution in [2.24, 2.45) is 5.73 Å². The molecule has 0 amide bonds. The van der Waals surface area contributed by atoms with Crippen LogP contribution in [0.3, 0.4) is 0 Å². The highest BCUT2D eigenvalue weighted by Gasteiger charge is 2.14. The van der Waals surface area contributed by atoms with Crippen molar-refractivity contribution in [3.63, 3.8) is 0 Å². The Bertz CT molecular complexity index is 385. The lowest BCUT2D eigenvalue weighted by atomic mass is 10.0. The van der Waals surface area contributed by atoms with E-state index < -0.39 is 10.8 Å². The van der Waals surface area contributed by atoms with Crippen LogP contribution in [0.4, 0.5) is 0 Å². The molecule has 0 radical (unpaired) electrons. The van der Waals surface area contributed by atoms with Crippen molar-refractivity contribution >= 4 is 10.8 Å². The molecular weight excluding hydrogens is 232 g/mol. The average Bonchev–Trinajstić information content (AvgIpc) is 2.38. The van der Waals surface area contributed by atoms with E-state index in [1.807, 2.05) is 6.07 Å². The molecule has 1 aromatic rings. The normalized spacial score (nSPS) is 18.4. The van der Waals surface area contributed by atoms with E-state index in [2.05, 4.69) is 23.1 Å². The molecule has 1 aromatic carbocycles. The second-order valence-corrected chi connectivity index (χ2v) is 6.11. The third-order valence-electron chi connectivity index (χ3n) is 3.31. The molecule has 0 spiro atoms. The fraction of sp³-hybridized carbons (Fsp3) is 0.538. The van der Waals surface area contributed by atoms with Crippen LogP contribution in [0, 0.1) is 0 Å². The Morgan fingerprint density at radius 3 is 2.47 bits per heavy atom. The molecule has 2 N–H and O–H groups in total. The fourth-order valence-electron chi connectivity index (χ4n) is 2.18. The van der Waals surface area contributed by atoms with Crippen LogP contribution in [0.2, 0.25) is 0 Å². The van der Waals surface area contributed by atoms with Gasteiger partial charge in [-0.1, -0.05) is 24.3 Å². The van der Waals surface area contributed by atoms with E-state index in [1.54, 1.807) is 0 Å². The van der Waals surface area contributed by atoms with Crippen LogP contribution in [0.25, 0.3) is 0 Å². The van der Waals surface area contributed by atoms with Crippen molar-refractivity contribution < 1.29 is 4.21 Å². The number of rotatable bonds is 4. The fourth-order valence-corrected chi connectivity index (χ4v) is 3.31. The van der Waals surface area contributed by atoms with Gasteiger partial charge in [0.15, 0.2) is 0 Å². The highest BCUT2D eigenvalue weighted by atomic mass is 32.2. The van der Waals surface area contributed by atoms with Crippen molar-refractivity contribution in [2.75, 3.05) is 31.1 Å². The molecule has 0 aromatic heterocycles. The first kappa shape index (κ1) is 12.7. The zero-order chi connectivity index (χ0) is 12.1.